The number of nitrogens with zero attached hydrogens (tertiary/aromatic N) is 3. The third-order valence-corrected chi connectivity index (χ3v) is 6.58. The molecule has 2 aromatic rings. The fraction of sp³-hybridized carbons (Fsp3) is 0.462. The van der Waals surface area contributed by atoms with Crippen molar-refractivity contribution in [1.29, 1.82) is 0 Å². The fourth-order valence-electron chi connectivity index (χ4n) is 4.71. The highest BCUT2D eigenvalue weighted by atomic mass is 16.5. The van der Waals surface area contributed by atoms with E-state index in [0.717, 1.165) is 36.9 Å². The molecule has 1 aliphatic heterocycles. The Morgan fingerprint density at radius 3 is 2.82 bits per heavy atom. The first kappa shape index (κ1) is 27.0. The predicted molar refractivity (Wildman–Crippen MR) is 140 cm³/mol. The molecule has 1 aromatic heterocycles. The number of hydrogen-bond acceptors (Lipinski definition) is 9. The van der Waals surface area contributed by atoms with Crippen LogP contribution in [0.3, 0.4) is 0 Å². The van der Waals surface area contributed by atoms with Crippen LogP contribution >= 0.6 is 0 Å². The minimum absolute atomic E-state index is 0.0394. The van der Waals surface area contributed by atoms with E-state index in [4.69, 9.17) is 14.6 Å². The van der Waals surface area contributed by atoms with Crippen molar-refractivity contribution in [3.05, 3.63) is 59.2 Å². The van der Waals surface area contributed by atoms with Crippen LogP contribution in [0, 0.1) is 12.8 Å². The Kier molecular flexibility index (Phi) is 9.20. The molecule has 12 heteroatoms. The first-order valence-electron chi connectivity index (χ1n) is 12.8. The van der Waals surface area contributed by atoms with Crippen LogP contribution in [-0.2, 0) is 11.2 Å². The van der Waals surface area contributed by atoms with Gasteiger partial charge in [-0.3, -0.25) is 5.01 Å². The van der Waals surface area contributed by atoms with Crippen molar-refractivity contribution in [2.24, 2.45) is 5.92 Å². The topological polar surface area (TPSA) is 150 Å². The van der Waals surface area contributed by atoms with Gasteiger partial charge in [0.25, 0.3) is 0 Å². The monoisotopic (exact) mass is 525 g/mol. The molecule has 1 aliphatic carbocycles. The average molecular weight is 526 g/mol. The van der Waals surface area contributed by atoms with Gasteiger partial charge in [0.15, 0.2) is 0 Å². The highest BCUT2D eigenvalue weighted by Crippen LogP contribution is 2.27. The van der Waals surface area contributed by atoms with Crippen molar-refractivity contribution < 1.29 is 24.2 Å². The molecule has 1 fully saturated rings. The van der Waals surface area contributed by atoms with Gasteiger partial charge in [-0.25, -0.2) is 19.6 Å². The van der Waals surface area contributed by atoms with Crippen molar-refractivity contribution in [2.75, 3.05) is 26.8 Å². The van der Waals surface area contributed by atoms with Gasteiger partial charge in [0.1, 0.15) is 17.1 Å². The number of hydrazine groups is 2. The molecule has 2 unspecified atom stereocenters. The summed E-state index contributed by atoms with van der Waals surface area (Å²) in [6, 6.07) is 9.80. The number of rotatable bonds is 10. The number of carbonyl (C=O) groups is 2. The first-order valence-corrected chi connectivity index (χ1v) is 12.8. The Balaban J connectivity index is 1.30. The highest BCUT2D eigenvalue weighted by molar-refractivity contribution is 5.70. The standard InChI is InChI=1S/C26H35N7O5/c1-17-24(38-16-19-9-6-10-20(13-19)30-25(34)35)27-14-21(29-17)23-22(31-32-33(23)2)15-28-26(36)37-12-11-18-7-4-3-5-8-18/h3-5,7-8,14,19-20,30-32H,6,9-13,15-16H2,1-2H3,(H,28,36)(H,34,35). The minimum atomic E-state index is -0.987. The Bertz CT molecular complexity index is 1140. The van der Waals surface area contributed by atoms with Crippen LogP contribution in [0.4, 0.5) is 9.59 Å². The van der Waals surface area contributed by atoms with Crippen molar-refractivity contribution in [1.82, 2.24) is 36.6 Å². The molecule has 204 valence electrons. The van der Waals surface area contributed by atoms with Gasteiger partial charge in [-0.05, 0) is 37.7 Å². The van der Waals surface area contributed by atoms with Crippen molar-refractivity contribution in [2.45, 2.75) is 45.1 Å². The molecule has 0 radical (unpaired) electrons. The molecule has 38 heavy (non-hydrogen) atoms. The van der Waals surface area contributed by atoms with E-state index in [0.29, 0.717) is 36.0 Å². The normalized spacial score (nSPS) is 19.1. The van der Waals surface area contributed by atoms with Crippen LogP contribution in [0.1, 0.15) is 42.6 Å². The maximum Gasteiger partial charge on any atom is 0.407 e. The predicted octanol–water partition coefficient (Wildman–Crippen LogP) is 2.58. The summed E-state index contributed by atoms with van der Waals surface area (Å²) >= 11 is 0. The molecule has 0 spiro atoms. The maximum absolute atomic E-state index is 12.2. The SMILES string of the molecule is Cc1nc(C2=C(CNC(=O)OCCc3ccccc3)NNN2C)cnc1OCC1CCCC(NC(=O)O)C1. The number of carboxylic acid groups (broad SMARTS) is 1. The number of aryl methyl sites for hydroxylation is 1. The molecule has 2 atom stereocenters. The van der Waals surface area contributed by atoms with Gasteiger partial charge >= 0.3 is 12.2 Å². The van der Waals surface area contributed by atoms with Gasteiger partial charge in [-0.1, -0.05) is 36.8 Å². The van der Waals surface area contributed by atoms with Crippen molar-refractivity contribution in [3.63, 3.8) is 0 Å². The smallest absolute Gasteiger partial charge is 0.407 e. The molecule has 4 rings (SSSR count). The van der Waals surface area contributed by atoms with Crippen LogP contribution in [-0.4, -0.2) is 65.1 Å². The average Bonchev–Trinajstić information content (AvgIpc) is 3.27. The van der Waals surface area contributed by atoms with Gasteiger partial charge in [-0.2, -0.15) is 0 Å². The Morgan fingerprint density at radius 1 is 1.24 bits per heavy atom. The number of nitrogens with one attached hydrogen (secondary N) is 4. The lowest BCUT2D eigenvalue weighted by molar-refractivity contribution is 0.148. The number of alkyl carbamates (subject to hydrolysis) is 1. The van der Waals surface area contributed by atoms with Crippen LogP contribution < -0.4 is 26.3 Å². The largest absolute Gasteiger partial charge is 0.476 e. The van der Waals surface area contributed by atoms with Gasteiger partial charge < -0.3 is 30.6 Å². The zero-order valence-electron chi connectivity index (χ0n) is 21.7. The Hall–Kier alpha value is -4.06. The zero-order chi connectivity index (χ0) is 26.9. The molecule has 2 heterocycles. The summed E-state index contributed by atoms with van der Waals surface area (Å²) in [6.07, 6.45) is 4.34. The molecule has 2 amide bonds. The zero-order valence-corrected chi connectivity index (χ0v) is 21.7. The summed E-state index contributed by atoms with van der Waals surface area (Å²) in [5.74, 6) is 0.703. The number of amides is 2. The van der Waals surface area contributed by atoms with Crippen LogP contribution in [0.15, 0.2) is 42.2 Å². The van der Waals surface area contributed by atoms with Gasteiger partial charge in [0, 0.05) is 19.5 Å². The quantitative estimate of drug-likeness (QED) is 0.313. The summed E-state index contributed by atoms with van der Waals surface area (Å²) in [4.78, 5) is 32.3. The molecule has 1 saturated carbocycles. The molecule has 2 aliphatic rings. The molecule has 1 aromatic carbocycles. The Morgan fingerprint density at radius 2 is 2.05 bits per heavy atom. The van der Waals surface area contributed by atoms with Crippen LogP contribution in [0.2, 0.25) is 0 Å². The lowest BCUT2D eigenvalue weighted by atomic mass is 9.86. The maximum atomic E-state index is 12.2. The third-order valence-electron chi connectivity index (χ3n) is 6.58. The second-order valence-corrected chi connectivity index (χ2v) is 9.48. The molecule has 12 nitrogen and oxygen atoms in total. The molecule has 0 bridgehead atoms. The molecular formula is C26H35N7O5. The van der Waals surface area contributed by atoms with E-state index in [1.165, 1.54) is 0 Å². The summed E-state index contributed by atoms with van der Waals surface area (Å²) in [7, 11) is 1.83. The second-order valence-electron chi connectivity index (χ2n) is 9.48. The summed E-state index contributed by atoms with van der Waals surface area (Å²) in [5, 5.41) is 16.1. The van der Waals surface area contributed by atoms with E-state index in [2.05, 4.69) is 31.6 Å². The molecule has 0 saturated heterocycles. The third kappa shape index (κ3) is 7.48. The minimum Gasteiger partial charge on any atom is -0.476 e. The Labute approximate surface area is 221 Å². The number of aromatic nitrogens is 2. The number of carbonyl (C=O) groups excluding carboxylic acids is 1. The second kappa shape index (κ2) is 13.0. The first-order chi connectivity index (χ1) is 18.4. The number of hydrogen-bond donors (Lipinski definition) is 5. The molecule has 5 N–H and O–H groups in total. The van der Waals surface area contributed by atoms with E-state index >= 15 is 0 Å². The van der Waals surface area contributed by atoms with E-state index in [9.17, 15) is 9.59 Å². The summed E-state index contributed by atoms with van der Waals surface area (Å²) < 4.78 is 11.3. The van der Waals surface area contributed by atoms with Crippen molar-refractivity contribution in [3.8, 4) is 5.88 Å². The fourth-order valence-corrected chi connectivity index (χ4v) is 4.71. The van der Waals surface area contributed by atoms with E-state index in [1.807, 2.05) is 44.3 Å². The lowest BCUT2D eigenvalue weighted by Crippen LogP contribution is -2.38. The molecular weight excluding hydrogens is 490 g/mol. The van der Waals surface area contributed by atoms with Crippen molar-refractivity contribution >= 4 is 17.9 Å². The summed E-state index contributed by atoms with van der Waals surface area (Å²) in [5.41, 5.74) is 9.87. The lowest BCUT2D eigenvalue weighted by Gasteiger charge is -2.28. The van der Waals surface area contributed by atoms with Crippen LogP contribution in [0.5, 0.6) is 5.88 Å². The van der Waals surface area contributed by atoms with E-state index < -0.39 is 12.2 Å². The van der Waals surface area contributed by atoms with Gasteiger partial charge in [0.05, 0.1) is 31.7 Å². The van der Waals surface area contributed by atoms with E-state index in [-0.39, 0.29) is 25.1 Å². The van der Waals surface area contributed by atoms with Crippen LogP contribution in [0.25, 0.3) is 5.70 Å². The number of ether oxygens (including phenoxy) is 2. The number of benzene rings is 1. The van der Waals surface area contributed by atoms with E-state index in [1.54, 1.807) is 11.2 Å². The van der Waals surface area contributed by atoms with Gasteiger partial charge in [-0.15, -0.1) is 5.53 Å². The summed E-state index contributed by atoms with van der Waals surface area (Å²) in [6.45, 7) is 2.79. The highest BCUT2D eigenvalue weighted by Gasteiger charge is 2.25. The van der Waals surface area contributed by atoms with Gasteiger partial charge in [0.2, 0.25) is 5.88 Å².